The summed E-state index contributed by atoms with van der Waals surface area (Å²) in [5, 5.41) is 3.05. The molecule has 26 heavy (non-hydrogen) atoms. The molecule has 1 atom stereocenters. The molecule has 0 fully saturated rings. The van der Waals surface area contributed by atoms with Gasteiger partial charge in [-0.2, -0.15) is 0 Å². The Kier molecular flexibility index (Phi) is 5.00. The van der Waals surface area contributed by atoms with Crippen LogP contribution in [0.3, 0.4) is 0 Å². The van der Waals surface area contributed by atoms with Gasteiger partial charge in [0.25, 0.3) is 0 Å². The molecule has 1 aliphatic heterocycles. The lowest BCUT2D eigenvalue weighted by molar-refractivity contribution is -0.125. The van der Waals surface area contributed by atoms with Gasteiger partial charge in [0, 0.05) is 31.7 Å². The zero-order valence-electron chi connectivity index (χ0n) is 15.0. The Morgan fingerprint density at radius 2 is 2.04 bits per heavy atom. The number of anilines is 1. The first-order valence-electron chi connectivity index (χ1n) is 9.49. The molecule has 4 rings (SSSR count). The fourth-order valence-electron chi connectivity index (χ4n) is 3.76. The second-order valence-corrected chi connectivity index (χ2v) is 7.16. The molecule has 4 nitrogen and oxygen atoms in total. The van der Waals surface area contributed by atoms with Crippen molar-refractivity contribution in [3.63, 3.8) is 0 Å². The monoisotopic (exact) mass is 347 g/mol. The molecule has 0 spiro atoms. The van der Waals surface area contributed by atoms with Crippen LogP contribution in [0.2, 0.25) is 0 Å². The van der Waals surface area contributed by atoms with Gasteiger partial charge in [-0.15, -0.1) is 0 Å². The van der Waals surface area contributed by atoms with Crippen molar-refractivity contribution in [3.8, 4) is 0 Å². The van der Waals surface area contributed by atoms with E-state index in [0.717, 1.165) is 50.2 Å². The van der Waals surface area contributed by atoms with Crippen molar-refractivity contribution in [3.05, 3.63) is 71.4 Å². The van der Waals surface area contributed by atoms with Gasteiger partial charge in [-0.05, 0) is 48.4 Å². The highest BCUT2D eigenvalue weighted by Gasteiger charge is 2.19. The fraction of sp³-hybridized carbons (Fsp3) is 0.364. The predicted molar refractivity (Wildman–Crippen MR) is 104 cm³/mol. The summed E-state index contributed by atoms with van der Waals surface area (Å²) < 4.78 is 0. The Bertz CT molecular complexity index is 797. The molecule has 0 radical (unpaired) electrons. The van der Waals surface area contributed by atoms with Crippen LogP contribution >= 0.6 is 0 Å². The molecule has 1 aromatic heterocycles. The number of allylic oxidation sites excluding steroid dienone is 2. The summed E-state index contributed by atoms with van der Waals surface area (Å²) in [7, 11) is 0. The van der Waals surface area contributed by atoms with Gasteiger partial charge in [0.15, 0.2) is 0 Å². The molecular formula is C22H25N3O. The number of hydrogen-bond donors (Lipinski definition) is 1. The third-order valence-corrected chi connectivity index (χ3v) is 5.37. The van der Waals surface area contributed by atoms with Crippen molar-refractivity contribution >= 4 is 11.7 Å². The second-order valence-electron chi connectivity index (χ2n) is 7.16. The number of nitrogens with zero attached hydrogens (tertiary/aromatic N) is 2. The Morgan fingerprint density at radius 3 is 2.81 bits per heavy atom. The minimum Gasteiger partial charge on any atom is -0.352 e. The highest BCUT2D eigenvalue weighted by Crippen LogP contribution is 2.23. The van der Waals surface area contributed by atoms with Crippen molar-refractivity contribution < 1.29 is 4.79 Å². The summed E-state index contributed by atoms with van der Waals surface area (Å²) in [6, 6.07) is 12.8. The van der Waals surface area contributed by atoms with Crippen LogP contribution in [0.4, 0.5) is 5.82 Å². The van der Waals surface area contributed by atoms with Crippen LogP contribution in [0.25, 0.3) is 0 Å². The van der Waals surface area contributed by atoms with E-state index in [0.29, 0.717) is 6.54 Å². The Labute approximate surface area is 154 Å². The minimum absolute atomic E-state index is 0.126. The first-order chi connectivity index (χ1) is 12.8. The van der Waals surface area contributed by atoms with Crippen molar-refractivity contribution in [1.82, 2.24) is 10.3 Å². The minimum atomic E-state index is 0.126. The number of carbonyl (C=O) groups excluding carboxylic acids is 1. The number of carbonyl (C=O) groups is 1. The number of fused-ring (bicyclic) bond motifs is 1. The summed E-state index contributed by atoms with van der Waals surface area (Å²) in [6.07, 6.45) is 10.0. The van der Waals surface area contributed by atoms with E-state index >= 15 is 0 Å². The number of hydrogen-bond acceptors (Lipinski definition) is 3. The van der Waals surface area contributed by atoms with Crippen molar-refractivity contribution in [2.45, 2.75) is 38.8 Å². The first-order valence-corrected chi connectivity index (χ1v) is 9.49. The zero-order chi connectivity index (χ0) is 17.8. The zero-order valence-corrected chi connectivity index (χ0v) is 15.0. The summed E-state index contributed by atoms with van der Waals surface area (Å²) in [6.45, 7) is 2.46. The predicted octanol–water partition coefficient (Wildman–Crippen LogP) is 3.62. The van der Waals surface area contributed by atoms with Gasteiger partial charge < -0.3 is 10.2 Å². The van der Waals surface area contributed by atoms with Gasteiger partial charge in [0.05, 0.1) is 0 Å². The Hall–Kier alpha value is -2.62. The molecule has 1 N–H and O–H groups in total. The van der Waals surface area contributed by atoms with Crippen LogP contribution in [0.5, 0.6) is 0 Å². The van der Waals surface area contributed by atoms with E-state index in [1.54, 1.807) is 0 Å². The molecule has 0 saturated heterocycles. The molecule has 0 saturated carbocycles. The van der Waals surface area contributed by atoms with E-state index in [4.69, 9.17) is 0 Å². The van der Waals surface area contributed by atoms with E-state index < -0.39 is 0 Å². The molecule has 2 aromatic rings. The molecule has 1 amide bonds. The lowest BCUT2D eigenvalue weighted by atomic mass is 9.93. The third-order valence-electron chi connectivity index (χ3n) is 5.37. The fourth-order valence-corrected chi connectivity index (χ4v) is 3.76. The normalized spacial score (nSPS) is 19.1. The largest absolute Gasteiger partial charge is 0.352 e. The van der Waals surface area contributed by atoms with Crippen LogP contribution in [-0.2, 0) is 24.3 Å². The van der Waals surface area contributed by atoms with Gasteiger partial charge in [0.2, 0.25) is 5.91 Å². The average Bonchev–Trinajstić information content (AvgIpc) is 2.72. The first kappa shape index (κ1) is 16.8. The molecule has 0 unspecified atom stereocenters. The van der Waals surface area contributed by atoms with Crippen LogP contribution < -0.4 is 10.2 Å². The summed E-state index contributed by atoms with van der Waals surface area (Å²) in [5.41, 5.74) is 3.88. The molecule has 4 heteroatoms. The van der Waals surface area contributed by atoms with Crippen molar-refractivity contribution in [2.24, 2.45) is 5.92 Å². The smallest absolute Gasteiger partial charge is 0.223 e. The third kappa shape index (κ3) is 3.79. The van der Waals surface area contributed by atoms with E-state index in [1.807, 2.05) is 6.20 Å². The molecular weight excluding hydrogens is 322 g/mol. The maximum atomic E-state index is 12.2. The van der Waals surface area contributed by atoms with E-state index in [2.05, 4.69) is 63.8 Å². The summed E-state index contributed by atoms with van der Waals surface area (Å²) in [5.74, 6) is 1.29. The molecule has 2 heterocycles. The SMILES string of the molecule is O=C(NCc1ccc(N2CCc3ccccc3C2)nc1)[C@H]1CC=CCC1. The number of pyridine rings is 1. The molecule has 1 aromatic carbocycles. The van der Waals surface area contributed by atoms with Gasteiger partial charge in [0.1, 0.15) is 5.82 Å². The number of nitrogens with one attached hydrogen (secondary N) is 1. The molecule has 0 bridgehead atoms. The van der Waals surface area contributed by atoms with Gasteiger partial charge in [-0.3, -0.25) is 4.79 Å². The molecule has 2 aliphatic rings. The van der Waals surface area contributed by atoms with Gasteiger partial charge in [-0.1, -0.05) is 42.5 Å². The maximum absolute atomic E-state index is 12.2. The topological polar surface area (TPSA) is 45.2 Å². The highest BCUT2D eigenvalue weighted by atomic mass is 16.1. The van der Waals surface area contributed by atoms with Crippen LogP contribution in [0, 0.1) is 5.92 Å². The lowest BCUT2D eigenvalue weighted by Crippen LogP contribution is -2.31. The number of benzene rings is 1. The lowest BCUT2D eigenvalue weighted by Gasteiger charge is -2.29. The summed E-state index contributed by atoms with van der Waals surface area (Å²) >= 11 is 0. The van der Waals surface area contributed by atoms with Gasteiger partial charge >= 0.3 is 0 Å². The van der Waals surface area contributed by atoms with E-state index in [-0.39, 0.29) is 11.8 Å². The number of amides is 1. The van der Waals surface area contributed by atoms with Crippen LogP contribution in [-0.4, -0.2) is 17.4 Å². The van der Waals surface area contributed by atoms with Crippen LogP contribution in [0.15, 0.2) is 54.7 Å². The van der Waals surface area contributed by atoms with Crippen molar-refractivity contribution in [2.75, 3.05) is 11.4 Å². The number of aromatic nitrogens is 1. The Morgan fingerprint density at radius 1 is 1.15 bits per heavy atom. The van der Waals surface area contributed by atoms with Crippen molar-refractivity contribution in [1.29, 1.82) is 0 Å². The average molecular weight is 347 g/mol. The van der Waals surface area contributed by atoms with Gasteiger partial charge in [-0.25, -0.2) is 4.98 Å². The number of rotatable bonds is 4. The quantitative estimate of drug-likeness (QED) is 0.859. The van der Waals surface area contributed by atoms with E-state index in [1.165, 1.54) is 11.1 Å². The molecule has 134 valence electrons. The Balaban J connectivity index is 1.34. The van der Waals surface area contributed by atoms with Crippen LogP contribution in [0.1, 0.15) is 36.0 Å². The maximum Gasteiger partial charge on any atom is 0.223 e. The van der Waals surface area contributed by atoms with E-state index in [9.17, 15) is 4.79 Å². The molecule has 1 aliphatic carbocycles. The highest BCUT2D eigenvalue weighted by molar-refractivity contribution is 5.78. The summed E-state index contributed by atoms with van der Waals surface area (Å²) in [4.78, 5) is 19.2. The second kappa shape index (κ2) is 7.73. The standard InChI is InChI=1S/C22H25N3O/c26-22(19-7-2-1-3-8-19)24-15-17-10-11-21(23-14-17)25-13-12-18-6-4-5-9-20(18)16-25/h1-2,4-6,9-11,14,19H,3,7-8,12-13,15-16H2,(H,24,26)/t19-/m0/s1.